The Morgan fingerprint density at radius 1 is 1.65 bits per heavy atom. The third kappa shape index (κ3) is 1.78. The fourth-order valence-corrected chi connectivity index (χ4v) is 4.34. The van der Waals surface area contributed by atoms with Crippen molar-refractivity contribution < 1.29 is 5.11 Å². The normalized spacial score (nSPS) is 32.1. The van der Waals surface area contributed by atoms with Crippen molar-refractivity contribution in [1.82, 2.24) is 4.98 Å². The summed E-state index contributed by atoms with van der Waals surface area (Å²) >= 11 is 1.75. The summed E-state index contributed by atoms with van der Waals surface area (Å²) in [4.78, 5) is 7.06. The molecule has 1 N–H and O–H groups in total. The van der Waals surface area contributed by atoms with Gasteiger partial charge >= 0.3 is 0 Å². The molecule has 4 heteroatoms. The zero-order valence-corrected chi connectivity index (χ0v) is 11.2. The highest BCUT2D eigenvalue weighted by atomic mass is 32.1. The van der Waals surface area contributed by atoms with Gasteiger partial charge in [0.2, 0.25) is 0 Å². The van der Waals surface area contributed by atoms with Crippen LogP contribution in [0.3, 0.4) is 0 Å². The quantitative estimate of drug-likeness (QED) is 0.897. The van der Waals surface area contributed by atoms with Gasteiger partial charge in [0.25, 0.3) is 0 Å². The van der Waals surface area contributed by atoms with Crippen LogP contribution in [0.1, 0.15) is 31.9 Å². The number of rotatable bonds is 3. The summed E-state index contributed by atoms with van der Waals surface area (Å²) in [6, 6.07) is 0. The fourth-order valence-electron chi connectivity index (χ4n) is 3.42. The van der Waals surface area contributed by atoms with E-state index in [0.717, 1.165) is 24.6 Å². The van der Waals surface area contributed by atoms with E-state index in [1.54, 1.807) is 11.3 Å². The smallest absolute Gasteiger partial charge is 0.185 e. The Balaban J connectivity index is 1.79. The number of hydrogen-bond donors (Lipinski definition) is 1. The molecule has 94 valence electrons. The highest BCUT2D eigenvalue weighted by Crippen LogP contribution is 2.49. The predicted octanol–water partition coefficient (Wildman–Crippen LogP) is 2.30. The van der Waals surface area contributed by atoms with Crippen LogP contribution in [-0.4, -0.2) is 29.8 Å². The lowest BCUT2D eigenvalue weighted by Crippen LogP contribution is -2.30. The molecule has 17 heavy (non-hydrogen) atoms. The van der Waals surface area contributed by atoms with Crippen LogP contribution in [0.2, 0.25) is 0 Å². The lowest BCUT2D eigenvalue weighted by molar-refractivity contribution is 0.121. The van der Waals surface area contributed by atoms with Crippen LogP contribution in [-0.2, 0) is 6.42 Å². The van der Waals surface area contributed by atoms with Crippen molar-refractivity contribution in [1.29, 1.82) is 0 Å². The summed E-state index contributed by atoms with van der Waals surface area (Å²) in [6.45, 7) is 4.59. The summed E-state index contributed by atoms with van der Waals surface area (Å²) in [7, 11) is 0. The zero-order valence-electron chi connectivity index (χ0n) is 10.4. The minimum absolute atomic E-state index is 0.179. The van der Waals surface area contributed by atoms with Gasteiger partial charge in [-0.15, -0.1) is 11.3 Å². The fraction of sp³-hybridized carbons (Fsp3) is 0.769. The second-order valence-electron chi connectivity index (χ2n) is 5.47. The second kappa shape index (κ2) is 4.25. The van der Waals surface area contributed by atoms with Gasteiger partial charge in [0, 0.05) is 23.9 Å². The van der Waals surface area contributed by atoms with Crippen LogP contribution >= 0.6 is 11.3 Å². The molecule has 2 aliphatic rings. The molecule has 0 radical (unpaired) electrons. The van der Waals surface area contributed by atoms with Crippen molar-refractivity contribution in [2.75, 3.05) is 24.6 Å². The van der Waals surface area contributed by atoms with E-state index in [1.165, 1.54) is 25.0 Å². The van der Waals surface area contributed by atoms with Gasteiger partial charge in [-0.05, 0) is 25.2 Å². The summed E-state index contributed by atoms with van der Waals surface area (Å²) in [6.07, 6.45) is 4.77. The SMILES string of the molecule is CCc1csc(N2C[C@@H]3CCC[C@]3(CO)C2)n1. The van der Waals surface area contributed by atoms with Crippen molar-refractivity contribution in [2.24, 2.45) is 11.3 Å². The van der Waals surface area contributed by atoms with E-state index in [-0.39, 0.29) is 5.41 Å². The van der Waals surface area contributed by atoms with Crippen molar-refractivity contribution in [3.8, 4) is 0 Å². The maximum Gasteiger partial charge on any atom is 0.185 e. The first-order chi connectivity index (χ1) is 8.27. The number of aromatic nitrogens is 1. The number of anilines is 1. The first kappa shape index (κ1) is 11.5. The van der Waals surface area contributed by atoms with E-state index in [1.807, 2.05) is 0 Å². The molecule has 1 saturated heterocycles. The average molecular weight is 252 g/mol. The van der Waals surface area contributed by atoms with E-state index < -0.39 is 0 Å². The van der Waals surface area contributed by atoms with E-state index in [0.29, 0.717) is 12.5 Å². The minimum atomic E-state index is 0.179. The van der Waals surface area contributed by atoms with Crippen LogP contribution < -0.4 is 4.90 Å². The summed E-state index contributed by atoms with van der Waals surface area (Å²) < 4.78 is 0. The van der Waals surface area contributed by atoms with Gasteiger partial charge in [-0.3, -0.25) is 0 Å². The number of fused-ring (bicyclic) bond motifs is 1. The number of nitrogens with zero attached hydrogens (tertiary/aromatic N) is 2. The molecule has 1 aliphatic carbocycles. The van der Waals surface area contributed by atoms with Gasteiger partial charge < -0.3 is 10.0 Å². The lowest BCUT2D eigenvalue weighted by atomic mass is 9.82. The van der Waals surface area contributed by atoms with Gasteiger partial charge in [-0.1, -0.05) is 13.3 Å². The van der Waals surface area contributed by atoms with Gasteiger partial charge in [0.15, 0.2) is 5.13 Å². The zero-order chi connectivity index (χ0) is 11.9. The number of thiazole rings is 1. The number of aryl methyl sites for hydroxylation is 1. The van der Waals surface area contributed by atoms with Crippen LogP contribution in [0.25, 0.3) is 0 Å². The number of aliphatic hydroxyl groups excluding tert-OH is 1. The minimum Gasteiger partial charge on any atom is -0.396 e. The molecule has 3 nitrogen and oxygen atoms in total. The Morgan fingerprint density at radius 2 is 2.53 bits per heavy atom. The van der Waals surface area contributed by atoms with E-state index in [4.69, 9.17) is 0 Å². The first-order valence-corrected chi connectivity index (χ1v) is 7.45. The molecule has 1 aromatic heterocycles. The molecular formula is C13H20N2OS. The lowest BCUT2D eigenvalue weighted by Gasteiger charge is -2.25. The third-order valence-corrected chi connectivity index (χ3v) is 5.48. The molecule has 0 spiro atoms. The highest BCUT2D eigenvalue weighted by Gasteiger charge is 2.49. The Bertz CT molecular complexity index is 406. The Morgan fingerprint density at radius 3 is 3.18 bits per heavy atom. The van der Waals surface area contributed by atoms with Crippen molar-refractivity contribution in [2.45, 2.75) is 32.6 Å². The van der Waals surface area contributed by atoms with Crippen LogP contribution in [0.5, 0.6) is 0 Å². The molecule has 0 aromatic carbocycles. The molecule has 2 heterocycles. The Hall–Kier alpha value is -0.610. The first-order valence-electron chi connectivity index (χ1n) is 6.57. The van der Waals surface area contributed by atoms with Crippen LogP contribution in [0.4, 0.5) is 5.13 Å². The van der Waals surface area contributed by atoms with E-state index >= 15 is 0 Å². The molecule has 3 rings (SSSR count). The van der Waals surface area contributed by atoms with Gasteiger partial charge in [0.1, 0.15) is 0 Å². The van der Waals surface area contributed by atoms with Crippen LogP contribution in [0.15, 0.2) is 5.38 Å². The summed E-state index contributed by atoms with van der Waals surface area (Å²) in [5, 5.41) is 13.0. The van der Waals surface area contributed by atoms with Gasteiger partial charge in [-0.25, -0.2) is 4.98 Å². The monoisotopic (exact) mass is 252 g/mol. The standard InChI is InChI=1S/C13H20N2OS/c1-2-11-7-17-12(14-11)15-6-10-4-3-5-13(10,8-15)9-16/h7,10,16H,2-6,8-9H2,1H3/t10-,13+/m0/s1. The Kier molecular flexibility index (Phi) is 2.87. The molecule has 1 saturated carbocycles. The summed E-state index contributed by atoms with van der Waals surface area (Å²) in [5.41, 5.74) is 1.37. The predicted molar refractivity (Wildman–Crippen MR) is 70.6 cm³/mol. The third-order valence-electron chi connectivity index (χ3n) is 4.53. The maximum atomic E-state index is 9.70. The number of hydrogen-bond acceptors (Lipinski definition) is 4. The van der Waals surface area contributed by atoms with E-state index in [2.05, 4.69) is 22.2 Å². The average Bonchev–Trinajstić information content (AvgIpc) is 3.01. The molecule has 0 unspecified atom stereocenters. The molecule has 0 bridgehead atoms. The summed E-state index contributed by atoms with van der Waals surface area (Å²) in [5.74, 6) is 0.682. The van der Waals surface area contributed by atoms with Gasteiger partial charge in [-0.2, -0.15) is 0 Å². The molecule has 1 aromatic rings. The molecule has 1 aliphatic heterocycles. The number of aliphatic hydroxyl groups is 1. The molecular weight excluding hydrogens is 232 g/mol. The molecule has 2 fully saturated rings. The Labute approximate surface area is 106 Å². The second-order valence-corrected chi connectivity index (χ2v) is 6.30. The van der Waals surface area contributed by atoms with Gasteiger partial charge in [0.05, 0.1) is 12.3 Å². The van der Waals surface area contributed by atoms with Crippen molar-refractivity contribution >= 4 is 16.5 Å². The topological polar surface area (TPSA) is 36.4 Å². The molecule has 0 amide bonds. The largest absolute Gasteiger partial charge is 0.396 e. The van der Waals surface area contributed by atoms with Crippen LogP contribution in [0, 0.1) is 11.3 Å². The van der Waals surface area contributed by atoms with E-state index in [9.17, 15) is 5.11 Å². The maximum absolute atomic E-state index is 9.70. The molecule has 2 atom stereocenters. The van der Waals surface area contributed by atoms with Crippen molar-refractivity contribution in [3.63, 3.8) is 0 Å². The highest BCUT2D eigenvalue weighted by molar-refractivity contribution is 7.13. The van der Waals surface area contributed by atoms with Crippen molar-refractivity contribution in [3.05, 3.63) is 11.1 Å².